The van der Waals surface area contributed by atoms with Crippen molar-refractivity contribution in [2.24, 2.45) is 34.5 Å². The number of nitrogens with zero attached hydrogens (tertiary/aromatic N) is 2. The Morgan fingerprint density at radius 1 is 0.932 bits per heavy atom. The minimum atomic E-state index is -0.115. The van der Waals surface area contributed by atoms with E-state index in [0.29, 0.717) is 42.2 Å². The molecule has 0 spiro atoms. The highest BCUT2D eigenvalue weighted by Gasteiger charge is 2.67. The van der Waals surface area contributed by atoms with Gasteiger partial charge in [-0.3, -0.25) is 14.5 Å². The highest BCUT2D eigenvalue weighted by molar-refractivity contribution is 5.69. The quantitative estimate of drug-likeness (QED) is 0.164. The van der Waals surface area contributed by atoms with Gasteiger partial charge in [-0.05, 0) is 132 Å². The largest absolute Gasteiger partial charge is 0.461 e. The van der Waals surface area contributed by atoms with Crippen molar-refractivity contribution in [2.75, 3.05) is 32.7 Å². The molecule has 0 aromatic rings. The fourth-order valence-corrected chi connectivity index (χ4v) is 12.4. The Bertz CT molecular complexity index is 1050. The summed E-state index contributed by atoms with van der Waals surface area (Å²) in [5.74, 6) is 2.51. The molecule has 6 nitrogen and oxygen atoms in total. The van der Waals surface area contributed by atoms with Crippen LogP contribution < -0.4 is 0 Å². The Morgan fingerprint density at radius 3 is 2.32 bits per heavy atom. The van der Waals surface area contributed by atoms with Crippen molar-refractivity contribution in [1.29, 1.82) is 0 Å². The first-order chi connectivity index (χ1) is 21.1. The van der Waals surface area contributed by atoms with Crippen molar-refractivity contribution in [2.45, 2.75) is 148 Å². The number of hydrogen-bond donors (Lipinski definition) is 0. The lowest BCUT2D eigenvalue weighted by Crippen LogP contribution is -2.61. The number of likely N-dealkylation sites (tertiary alicyclic amines) is 2. The zero-order valence-corrected chi connectivity index (χ0v) is 28.6. The Balaban J connectivity index is 1.32. The van der Waals surface area contributed by atoms with Crippen molar-refractivity contribution >= 4 is 11.9 Å². The first-order valence-corrected chi connectivity index (χ1v) is 18.7. The van der Waals surface area contributed by atoms with Crippen LogP contribution in [0.3, 0.4) is 0 Å². The lowest BCUT2D eigenvalue weighted by molar-refractivity contribution is -0.948. The zero-order valence-electron chi connectivity index (χ0n) is 28.6. The molecule has 0 amide bonds. The minimum absolute atomic E-state index is 0.00753. The van der Waals surface area contributed by atoms with E-state index in [9.17, 15) is 9.59 Å². The van der Waals surface area contributed by atoms with Crippen LogP contribution in [-0.4, -0.2) is 78.3 Å². The molecule has 2 saturated heterocycles. The topological polar surface area (TPSA) is 55.8 Å². The Kier molecular flexibility index (Phi) is 9.62. The van der Waals surface area contributed by atoms with Gasteiger partial charge in [0.1, 0.15) is 12.1 Å². The smallest absolute Gasteiger partial charge is 0.306 e. The molecule has 3 unspecified atom stereocenters. The number of hydrogen-bond acceptors (Lipinski definition) is 5. The van der Waals surface area contributed by atoms with Crippen LogP contribution >= 0.6 is 0 Å². The predicted molar refractivity (Wildman–Crippen MR) is 175 cm³/mol. The van der Waals surface area contributed by atoms with Crippen molar-refractivity contribution in [3.8, 4) is 0 Å². The number of carbonyl (C=O) groups excluding carboxylic acids is 2. The normalized spacial score (nSPS) is 43.6. The summed E-state index contributed by atoms with van der Waals surface area (Å²) in [6, 6.07) is 0.732. The highest BCUT2D eigenvalue weighted by Crippen LogP contribution is 2.68. The van der Waals surface area contributed by atoms with Gasteiger partial charge in [0, 0.05) is 31.2 Å². The Labute approximate surface area is 268 Å². The van der Waals surface area contributed by atoms with Crippen molar-refractivity contribution in [3.63, 3.8) is 0 Å². The number of fused-ring (bicyclic) bond motifs is 5. The molecule has 6 heteroatoms. The van der Waals surface area contributed by atoms with Crippen LogP contribution in [0.4, 0.5) is 0 Å². The Morgan fingerprint density at radius 2 is 1.66 bits per heavy atom. The van der Waals surface area contributed by atoms with Crippen molar-refractivity contribution < 1.29 is 23.5 Å². The van der Waals surface area contributed by atoms with Gasteiger partial charge < -0.3 is 14.0 Å². The van der Waals surface area contributed by atoms with Gasteiger partial charge in [0.2, 0.25) is 0 Å². The van der Waals surface area contributed by atoms with E-state index >= 15 is 0 Å². The number of ether oxygens (including phenoxy) is 2. The molecular formula is C38H63N2O4+. The average molecular weight is 612 g/mol. The van der Waals surface area contributed by atoms with Gasteiger partial charge in [-0.25, -0.2) is 0 Å². The van der Waals surface area contributed by atoms with E-state index in [4.69, 9.17) is 9.47 Å². The van der Waals surface area contributed by atoms with Crippen LogP contribution in [0.5, 0.6) is 0 Å². The SMILES string of the molecule is C=CC[N+]1([C@H]2CC3C4CC[C@H]5C[C@H](OC(C)=O)[C@@H](N6CCCC6)C[C@]5(C)C4CC[C@]3(C)[C@H]2OC(=O)CCC)CCCCCC1. The summed E-state index contributed by atoms with van der Waals surface area (Å²) < 4.78 is 13.9. The maximum absolute atomic E-state index is 13.3. The number of carbonyl (C=O) groups is 2. The number of rotatable bonds is 8. The number of quaternary nitrogens is 1. The van der Waals surface area contributed by atoms with E-state index in [-0.39, 0.29) is 35.0 Å². The summed E-state index contributed by atoms with van der Waals surface area (Å²) >= 11 is 0. The van der Waals surface area contributed by atoms with E-state index in [1.54, 1.807) is 6.92 Å². The molecule has 4 aliphatic carbocycles. The van der Waals surface area contributed by atoms with Crippen LogP contribution in [0.2, 0.25) is 0 Å². The molecule has 2 heterocycles. The average Bonchev–Trinajstić information content (AvgIpc) is 3.54. The third-order valence-electron chi connectivity index (χ3n) is 14.4. The van der Waals surface area contributed by atoms with Crippen LogP contribution in [0.1, 0.15) is 124 Å². The fourth-order valence-electron chi connectivity index (χ4n) is 12.4. The van der Waals surface area contributed by atoms with Crippen molar-refractivity contribution in [1.82, 2.24) is 4.90 Å². The molecule has 0 aromatic carbocycles. The van der Waals surface area contributed by atoms with E-state index in [1.807, 2.05) is 0 Å². The van der Waals surface area contributed by atoms with Gasteiger partial charge in [0.25, 0.3) is 0 Å². The monoisotopic (exact) mass is 611 g/mol. The third kappa shape index (κ3) is 5.71. The molecular weight excluding hydrogens is 548 g/mol. The molecule has 0 radical (unpaired) electrons. The van der Waals surface area contributed by atoms with Gasteiger partial charge in [0.05, 0.1) is 19.6 Å². The molecule has 6 rings (SSSR count). The zero-order chi connectivity index (χ0) is 31.1. The first kappa shape index (κ1) is 32.5. The van der Waals surface area contributed by atoms with Crippen LogP contribution in [0, 0.1) is 34.5 Å². The van der Waals surface area contributed by atoms with Gasteiger partial charge >= 0.3 is 11.9 Å². The van der Waals surface area contributed by atoms with E-state index in [0.717, 1.165) is 49.8 Å². The fraction of sp³-hybridized carbons (Fsp3) is 0.895. The van der Waals surface area contributed by atoms with Gasteiger partial charge in [-0.2, -0.15) is 0 Å². The molecule has 0 aromatic heterocycles. The molecule has 44 heavy (non-hydrogen) atoms. The van der Waals surface area contributed by atoms with E-state index in [2.05, 4.69) is 38.3 Å². The molecule has 6 fully saturated rings. The summed E-state index contributed by atoms with van der Waals surface area (Å²) in [6.45, 7) is 18.8. The van der Waals surface area contributed by atoms with E-state index in [1.165, 1.54) is 77.3 Å². The van der Waals surface area contributed by atoms with Gasteiger partial charge in [-0.1, -0.05) is 27.4 Å². The van der Waals surface area contributed by atoms with Crippen LogP contribution in [0.15, 0.2) is 12.7 Å². The summed E-state index contributed by atoms with van der Waals surface area (Å²) in [7, 11) is 0. The summed E-state index contributed by atoms with van der Waals surface area (Å²) in [6.07, 6.45) is 19.6. The number of esters is 2. The molecule has 0 N–H and O–H groups in total. The molecule has 6 aliphatic rings. The standard InChI is InChI=1S/C38H63N2O4/c1-6-14-35(42)44-36-33(40(21-7-2)22-12-8-9-13-23-40)25-31-29-16-15-28-24-34(43-27(3)41)32(39-19-10-11-20-39)26-38(28,5)30(29)17-18-37(31,36)4/h7,28-34,36H,2,6,8-26H2,1,3-5H3/q+1/t28-,29?,30?,31?,32-,33-,34-,36-,37-,38-/m0/s1. The summed E-state index contributed by atoms with van der Waals surface area (Å²) in [5, 5.41) is 0. The lowest BCUT2D eigenvalue weighted by atomic mass is 9.44. The van der Waals surface area contributed by atoms with Gasteiger partial charge in [0.15, 0.2) is 6.10 Å². The van der Waals surface area contributed by atoms with E-state index < -0.39 is 0 Å². The molecule has 0 bridgehead atoms. The predicted octanol–water partition coefficient (Wildman–Crippen LogP) is 7.30. The molecule has 4 saturated carbocycles. The second-order valence-corrected chi connectivity index (χ2v) is 16.6. The van der Waals surface area contributed by atoms with Crippen LogP contribution in [0.25, 0.3) is 0 Å². The summed E-state index contributed by atoms with van der Waals surface area (Å²) in [4.78, 5) is 28.2. The molecule has 248 valence electrons. The Hall–Kier alpha value is -1.40. The lowest BCUT2D eigenvalue weighted by Gasteiger charge is -2.62. The van der Waals surface area contributed by atoms with Crippen LogP contribution in [-0.2, 0) is 19.1 Å². The summed E-state index contributed by atoms with van der Waals surface area (Å²) in [5.41, 5.74) is 0.317. The minimum Gasteiger partial charge on any atom is -0.461 e. The third-order valence-corrected chi connectivity index (χ3v) is 14.4. The van der Waals surface area contributed by atoms with Gasteiger partial charge in [-0.15, -0.1) is 0 Å². The van der Waals surface area contributed by atoms with Crippen molar-refractivity contribution in [3.05, 3.63) is 12.7 Å². The molecule has 10 atom stereocenters. The highest BCUT2D eigenvalue weighted by atomic mass is 16.5. The molecule has 2 aliphatic heterocycles. The first-order valence-electron chi connectivity index (χ1n) is 18.7. The maximum atomic E-state index is 13.3. The maximum Gasteiger partial charge on any atom is 0.306 e. The second kappa shape index (κ2) is 13.0. The second-order valence-electron chi connectivity index (χ2n) is 16.6.